The fourth-order valence-electron chi connectivity index (χ4n) is 2.19. The summed E-state index contributed by atoms with van der Waals surface area (Å²) in [4.78, 5) is 14.1. The van der Waals surface area contributed by atoms with Crippen LogP contribution in [0.1, 0.15) is 48.5 Å². The first-order valence-corrected chi connectivity index (χ1v) is 7.96. The van der Waals surface area contributed by atoms with Gasteiger partial charge >= 0.3 is 6.09 Å². The SMILES string of the molecule is CC(C)CN(CC(C)C)C(CN)CNC(=O)OC(C)(C)C. The maximum atomic E-state index is 11.8. The average Bonchev–Trinajstić information content (AvgIpc) is 2.25. The molecule has 0 aromatic heterocycles. The number of carbonyl (C=O) groups is 1. The fraction of sp³-hybridized carbons (Fsp3) is 0.938. The molecule has 0 aliphatic heterocycles. The second-order valence-electron chi connectivity index (χ2n) is 7.51. The number of hydrogen-bond acceptors (Lipinski definition) is 4. The molecule has 126 valence electrons. The molecule has 0 aromatic carbocycles. The van der Waals surface area contributed by atoms with Gasteiger partial charge in [-0.1, -0.05) is 27.7 Å². The zero-order chi connectivity index (χ0) is 16.6. The van der Waals surface area contributed by atoms with E-state index in [0.29, 0.717) is 24.9 Å². The number of ether oxygens (including phenoxy) is 1. The van der Waals surface area contributed by atoms with Crippen LogP contribution in [-0.2, 0) is 4.74 Å². The molecule has 1 unspecified atom stereocenters. The number of nitrogens with two attached hydrogens (primary N) is 1. The minimum absolute atomic E-state index is 0.141. The Hall–Kier alpha value is -0.810. The highest BCUT2D eigenvalue weighted by Crippen LogP contribution is 2.09. The van der Waals surface area contributed by atoms with Gasteiger partial charge in [0.25, 0.3) is 0 Å². The van der Waals surface area contributed by atoms with Crippen molar-refractivity contribution in [3.8, 4) is 0 Å². The quantitative estimate of drug-likeness (QED) is 0.722. The van der Waals surface area contributed by atoms with Crippen LogP contribution in [0.3, 0.4) is 0 Å². The van der Waals surface area contributed by atoms with Gasteiger partial charge in [0, 0.05) is 32.2 Å². The lowest BCUT2D eigenvalue weighted by molar-refractivity contribution is 0.0503. The first-order valence-electron chi connectivity index (χ1n) is 7.96. The first-order chi connectivity index (χ1) is 9.55. The summed E-state index contributed by atoms with van der Waals surface area (Å²) in [6.07, 6.45) is -0.380. The average molecular weight is 301 g/mol. The predicted molar refractivity (Wildman–Crippen MR) is 88.3 cm³/mol. The summed E-state index contributed by atoms with van der Waals surface area (Å²) in [7, 11) is 0. The molecule has 0 heterocycles. The molecule has 0 rings (SSSR count). The Morgan fingerprint density at radius 2 is 1.62 bits per heavy atom. The van der Waals surface area contributed by atoms with Crippen LogP contribution in [0.15, 0.2) is 0 Å². The number of nitrogens with one attached hydrogen (secondary N) is 1. The molecule has 3 N–H and O–H groups in total. The van der Waals surface area contributed by atoms with E-state index in [4.69, 9.17) is 10.5 Å². The molecule has 0 aliphatic rings. The summed E-state index contributed by atoms with van der Waals surface area (Å²) < 4.78 is 5.27. The number of amides is 1. The van der Waals surface area contributed by atoms with E-state index in [-0.39, 0.29) is 12.1 Å². The Kier molecular flexibility index (Phi) is 8.90. The van der Waals surface area contributed by atoms with Crippen LogP contribution in [0.2, 0.25) is 0 Å². The van der Waals surface area contributed by atoms with Crippen molar-refractivity contribution < 1.29 is 9.53 Å². The molecule has 5 nitrogen and oxygen atoms in total. The van der Waals surface area contributed by atoms with Crippen molar-refractivity contribution in [1.29, 1.82) is 0 Å². The Morgan fingerprint density at radius 3 is 1.95 bits per heavy atom. The third-order valence-electron chi connectivity index (χ3n) is 2.87. The van der Waals surface area contributed by atoms with Gasteiger partial charge in [0.1, 0.15) is 5.60 Å². The van der Waals surface area contributed by atoms with Gasteiger partial charge in [-0.3, -0.25) is 4.90 Å². The number of alkyl carbamates (subject to hydrolysis) is 1. The van der Waals surface area contributed by atoms with Gasteiger partial charge in [0.05, 0.1) is 0 Å². The van der Waals surface area contributed by atoms with Gasteiger partial charge < -0.3 is 15.8 Å². The van der Waals surface area contributed by atoms with Crippen molar-refractivity contribution in [2.24, 2.45) is 17.6 Å². The highest BCUT2D eigenvalue weighted by molar-refractivity contribution is 5.67. The van der Waals surface area contributed by atoms with Crippen LogP contribution < -0.4 is 11.1 Å². The van der Waals surface area contributed by atoms with Crippen LogP contribution in [0.25, 0.3) is 0 Å². The zero-order valence-corrected chi connectivity index (χ0v) is 14.9. The van der Waals surface area contributed by atoms with Gasteiger partial charge in [-0.05, 0) is 32.6 Å². The van der Waals surface area contributed by atoms with Crippen LogP contribution in [-0.4, -0.2) is 48.8 Å². The van der Waals surface area contributed by atoms with Gasteiger partial charge in [0.2, 0.25) is 0 Å². The van der Waals surface area contributed by atoms with Crippen molar-refractivity contribution in [3.05, 3.63) is 0 Å². The molecule has 5 heteroatoms. The summed E-state index contributed by atoms with van der Waals surface area (Å²) in [5, 5.41) is 2.83. The molecule has 0 spiro atoms. The summed E-state index contributed by atoms with van der Waals surface area (Å²) in [6.45, 7) is 17.4. The van der Waals surface area contributed by atoms with Crippen molar-refractivity contribution in [3.63, 3.8) is 0 Å². The first kappa shape index (κ1) is 20.2. The third-order valence-corrected chi connectivity index (χ3v) is 2.87. The predicted octanol–water partition coefficient (Wildman–Crippen LogP) is 2.45. The molecular formula is C16H35N3O2. The fourth-order valence-corrected chi connectivity index (χ4v) is 2.19. The Morgan fingerprint density at radius 1 is 1.14 bits per heavy atom. The van der Waals surface area contributed by atoms with Crippen LogP contribution >= 0.6 is 0 Å². The van der Waals surface area contributed by atoms with E-state index >= 15 is 0 Å². The second kappa shape index (κ2) is 9.26. The van der Waals surface area contributed by atoms with E-state index in [2.05, 4.69) is 37.9 Å². The molecule has 0 aromatic rings. The van der Waals surface area contributed by atoms with Crippen LogP contribution in [0, 0.1) is 11.8 Å². The zero-order valence-electron chi connectivity index (χ0n) is 14.9. The molecule has 0 saturated carbocycles. The number of hydrogen-bond donors (Lipinski definition) is 2. The number of nitrogens with zero attached hydrogens (tertiary/aromatic N) is 1. The smallest absolute Gasteiger partial charge is 0.407 e. The van der Waals surface area contributed by atoms with Gasteiger partial charge in [-0.15, -0.1) is 0 Å². The van der Waals surface area contributed by atoms with Crippen molar-refractivity contribution in [2.75, 3.05) is 26.2 Å². The van der Waals surface area contributed by atoms with E-state index in [1.165, 1.54) is 0 Å². The van der Waals surface area contributed by atoms with Crippen molar-refractivity contribution in [2.45, 2.75) is 60.1 Å². The largest absolute Gasteiger partial charge is 0.444 e. The summed E-state index contributed by atoms with van der Waals surface area (Å²) in [5.41, 5.74) is 5.43. The van der Waals surface area contributed by atoms with E-state index in [0.717, 1.165) is 13.1 Å². The van der Waals surface area contributed by atoms with Gasteiger partial charge in [-0.2, -0.15) is 0 Å². The summed E-state index contributed by atoms with van der Waals surface area (Å²) in [6, 6.07) is 0.141. The highest BCUT2D eigenvalue weighted by Gasteiger charge is 2.21. The normalized spacial score (nSPS) is 13.9. The number of carbonyl (C=O) groups excluding carboxylic acids is 1. The third kappa shape index (κ3) is 10.5. The highest BCUT2D eigenvalue weighted by atomic mass is 16.6. The lowest BCUT2D eigenvalue weighted by Crippen LogP contribution is -2.50. The van der Waals surface area contributed by atoms with Crippen LogP contribution in [0.4, 0.5) is 4.79 Å². The van der Waals surface area contributed by atoms with Crippen molar-refractivity contribution in [1.82, 2.24) is 10.2 Å². The Bertz CT molecular complexity index is 288. The minimum Gasteiger partial charge on any atom is -0.444 e. The van der Waals surface area contributed by atoms with Gasteiger partial charge in [0.15, 0.2) is 0 Å². The van der Waals surface area contributed by atoms with Crippen LogP contribution in [0.5, 0.6) is 0 Å². The topological polar surface area (TPSA) is 67.6 Å². The van der Waals surface area contributed by atoms with Crippen molar-refractivity contribution >= 4 is 6.09 Å². The van der Waals surface area contributed by atoms with E-state index in [9.17, 15) is 4.79 Å². The molecule has 0 fully saturated rings. The Balaban J connectivity index is 4.52. The molecule has 0 bridgehead atoms. The second-order valence-corrected chi connectivity index (χ2v) is 7.51. The number of rotatable bonds is 8. The molecule has 1 atom stereocenters. The molecule has 21 heavy (non-hydrogen) atoms. The maximum absolute atomic E-state index is 11.8. The van der Waals surface area contributed by atoms with E-state index in [1.807, 2.05) is 20.8 Å². The molecule has 0 radical (unpaired) electrons. The molecule has 0 aliphatic carbocycles. The van der Waals surface area contributed by atoms with E-state index < -0.39 is 5.60 Å². The minimum atomic E-state index is -0.474. The lowest BCUT2D eigenvalue weighted by Gasteiger charge is -2.34. The monoisotopic (exact) mass is 301 g/mol. The van der Waals surface area contributed by atoms with E-state index in [1.54, 1.807) is 0 Å². The lowest BCUT2D eigenvalue weighted by atomic mass is 10.1. The molecule has 0 saturated heterocycles. The maximum Gasteiger partial charge on any atom is 0.407 e. The standard InChI is InChI=1S/C16H35N3O2/c1-12(2)10-19(11-13(3)4)14(8-17)9-18-15(20)21-16(5,6)7/h12-14H,8-11,17H2,1-7H3,(H,18,20). The summed E-state index contributed by atoms with van der Waals surface area (Å²) >= 11 is 0. The summed E-state index contributed by atoms with van der Waals surface area (Å²) in [5.74, 6) is 1.14. The van der Waals surface area contributed by atoms with Gasteiger partial charge in [-0.25, -0.2) is 4.79 Å². The molecular weight excluding hydrogens is 266 g/mol. The Labute approximate surface area is 130 Å². The molecule has 1 amide bonds.